The quantitative estimate of drug-likeness (QED) is 0.890. The molecular weight excluding hydrogens is 258 g/mol. The Labute approximate surface area is 115 Å². The van der Waals surface area contributed by atoms with Gasteiger partial charge in [0.05, 0.1) is 17.2 Å². The van der Waals surface area contributed by atoms with Crippen LogP contribution in [0.15, 0.2) is 30.5 Å². The summed E-state index contributed by atoms with van der Waals surface area (Å²) >= 11 is 0. The van der Waals surface area contributed by atoms with Crippen LogP contribution < -0.4 is 0 Å². The predicted octanol–water partition coefficient (Wildman–Crippen LogP) is 1.32. The fraction of sp³-hybridized carbons (Fsp3) is 0.286. The Bertz CT molecular complexity index is 686. The summed E-state index contributed by atoms with van der Waals surface area (Å²) in [6, 6.07) is 6.50. The highest BCUT2D eigenvalue weighted by Crippen LogP contribution is 2.20. The third kappa shape index (κ3) is 2.09. The monoisotopic (exact) mass is 271 g/mol. The highest BCUT2D eigenvalue weighted by Gasteiger charge is 2.35. The van der Waals surface area contributed by atoms with Crippen LogP contribution in [0.3, 0.4) is 0 Å². The molecule has 1 amide bonds. The maximum absolute atomic E-state index is 12.4. The van der Waals surface area contributed by atoms with Gasteiger partial charge in [-0.1, -0.05) is 12.1 Å². The molecule has 2 heterocycles. The zero-order valence-corrected chi connectivity index (χ0v) is 10.7. The second-order valence-electron chi connectivity index (χ2n) is 4.74. The van der Waals surface area contributed by atoms with E-state index in [1.807, 2.05) is 18.2 Å². The maximum Gasteiger partial charge on any atom is 0.326 e. The van der Waals surface area contributed by atoms with Crippen molar-refractivity contribution in [2.24, 2.45) is 0 Å². The lowest BCUT2D eigenvalue weighted by Gasteiger charge is -2.20. The molecular formula is C14H13N3O3. The molecule has 6 nitrogen and oxygen atoms in total. The van der Waals surface area contributed by atoms with E-state index >= 15 is 0 Å². The molecule has 1 fully saturated rings. The molecule has 102 valence electrons. The van der Waals surface area contributed by atoms with Gasteiger partial charge in [-0.15, -0.1) is 0 Å². The van der Waals surface area contributed by atoms with Gasteiger partial charge in [0.25, 0.3) is 5.91 Å². The second kappa shape index (κ2) is 4.88. The Morgan fingerprint density at radius 3 is 2.75 bits per heavy atom. The SMILES string of the molecule is O=C(O)C1CCCN1C(=O)c1cnc2ccccc2n1. The average molecular weight is 271 g/mol. The first kappa shape index (κ1) is 12.5. The molecule has 6 heteroatoms. The summed E-state index contributed by atoms with van der Waals surface area (Å²) in [6.07, 6.45) is 2.59. The van der Waals surface area contributed by atoms with Gasteiger partial charge < -0.3 is 10.0 Å². The number of amides is 1. The predicted molar refractivity (Wildman–Crippen MR) is 71.2 cm³/mol. The number of rotatable bonds is 2. The van der Waals surface area contributed by atoms with Crippen LogP contribution in [0.4, 0.5) is 0 Å². The normalized spacial score (nSPS) is 18.4. The minimum atomic E-state index is -0.968. The molecule has 1 saturated heterocycles. The molecule has 1 N–H and O–H groups in total. The van der Waals surface area contributed by atoms with Crippen LogP contribution in [0.25, 0.3) is 11.0 Å². The van der Waals surface area contributed by atoms with Gasteiger partial charge in [-0.3, -0.25) is 9.78 Å². The molecule has 0 spiro atoms. The van der Waals surface area contributed by atoms with Crippen molar-refractivity contribution in [3.63, 3.8) is 0 Å². The van der Waals surface area contributed by atoms with E-state index in [0.29, 0.717) is 30.4 Å². The molecule has 1 aromatic heterocycles. The van der Waals surface area contributed by atoms with Crippen LogP contribution >= 0.6 is 0 Å². The first-order chi connectivity index (χ1) is 9.66. The zero-order valence-electron chi connectivity index (χ0n) is 10.7. The summed E-state index contributed by atoms with van der Waals surface area (Å²) < 4.78 is 0. The lowest BCUT2D eigenvalue weighted by molar-refractivity contribution is -0.141. The van der Waals surface area contributed by atoms with E-state index in [-0.39, 0.29) is 11.6 Å². The zero-order chi connectivity index (χ0) is 14.1. The fourth-order valence-electron chi connectivity index (χ4n) is 2.47. The van der Waals surface area contributed by atoms with Crippen LogP contribution in [0.5, 0.6) is 0 Å². The van der Waals surface area contributed by atoms with Crippen molar-refractivity contribution in [1.29, 1.82) is 0 Å². The van der Waals surface area contributed by atoms with Crippen molar-refractivity contribution < 1.29 is 14.7 Å². The number of carboxylic acid groups (broad SMARTS) is 1. The third-order valence-electron chi connectivity index (χ3n) is 3.47. The van der Waals surface area contributed by atoms with E-state index in [1.54, 1.807) is 6.07 Å². The van der Waals surface area contributed by atoms with Crippen molar-refractivity contribution in [3.8, 4) is 0 Å². The lowest BCUT2D eigenvalue weighted by atomic mass is 10.2. The Kier molecular flexibility index (Phi) is 3.06. The molecule has 20 heavy (non-hydrogen) atoms. The van der Waals surface area contributed by atoms with Crippen molar-refractivity contribution in [3.05, 3.63) is 36.2 Å². The number of aromatic nitrogens is 2. The number of carbonyl (C=O) groups is 2. The van der Waals surface area contributed by atoms with Crippen LogP contribution in [-0.4, -0.2) is 44.4 Å². The van der Waals surface area contributed by atoms with E-state index in [1.165, 1.54) is 11.1 Å². The number of hydrogen-bond donors (Lipinski definition) is 1. The molecule has 0 aliphatic carbocycles. The number of hydrogen-bond acceptors (Lipinski definition) is 4. The summed E-state index contributed by atoms with van der Waals surface area (Å²) in [7, 11) is 0. The number of fused-ring (bicyclic) bond motifs is 1. The number of benzene rings is 1. The number of carboxylic acids is 1. The molecule has 2 aromatic rings. The van der Waals surface area contributed by atoms with Crippen molar-refractivity contribution >= 4 is 22.9 Å². The summed E-state index contributed by atoms with van der Waals surface area (Å²) in [5, 5.41) is 9.12. The number of para-hydroxylation sites is 2. The topological polar surface area (TPSA) is 83.4 Å². The van der Waals surface area contributed by atoms with Gasteiger partial charge >= 0.3 is 5.97 Å². The van der Waals surface area contributed by atoms with E-state index < -0.39 is 12.0 Å². The molecule has 0 bridgehead atoms. The fourth-order valence-corrected chi connectivity index (χ4v) is 2.47. The van der Waals surface area contributed by atoms with Gasteiger partial charge in [-0.2, -0.15) is 0 Å². The second-order valence-corrected chi connectivity index (χ2v) is 4.74. The molecule has 0 radical (unpaired) electrons. The minimum Gasteiger partial charge on any atom is -0.480 e. The molecule has 0 saturated carbocycles. The Morgan fingerprint density at radius 2 is 2.00 bits per heavy atom. The van der Waals surface area contributed by atoms with E-state index in [9.17, 15) is 9.59 Å². The number of aliphatic carboxylic acids is 1. The summed E-state index contributed by atoms with van der Waals surface area (Å²) in [6.45, 7) is 0.449. The van der Waals surface area contributed by atoms with Crippen LogP contribution in [-0.2, 0) is 4.79 Å². The smallest absolute Gasteiger partial charge is 0.326 e. The first-order valence-electron chi connectivity index (χ1n) is 6.42. The van der Waals surface area contributed by atoms with E-state index in [2.05, 4.69) is 9.97 Å². The third-order valence-corrected chi connectivity index (χ3v) is 3.47. The van der Waals surface area contributed by atoms with Crippen molar-refractivity contribution in [2.45, 2.75) is 18.9 Å². The largest absolute Gasteiger partial charge is 0.480 e. The number of likely N-dealkylation sites (tertiary alicyclic amines) is 1. The Morgan fingerprint density at radius 1 is 1.25 bits per heavy atom. The standard InChI is InChI=1S/C14H13N3O3/c18-13(17-7-3-6-12(17)14(19)20)11-8-15-9-4-1-2-5-10(9)16-11/h1-2,4-5,8,12H,3,6-7H2,(H,19,20). The molecule has 3 rings (SSSR count). The van der Waals surface area contributed by atoms with Crippen LogP contribution in [0, 0.1) is 0 Å². The Hall–Kier alpha value is -2.50. The molecule has 1 aromatic carbocycles. The van der Waals surface area contributed by atoms with E-state index in [0.717, 1.165) is 0 Å². The van der Waals surface area contributed by atoms with Crippen LogP contribution in [0.1, 0.15) is 23.3 Å². The molecule has 1 aliphatic heterocycles. The molecule has 1 atom stereocenters. The molecule has 1 aliphatic rings. The number of carbonyl (C=O) groups excluding carboxylic acids is 1. The van der Waals surface area contributed by atoms with Crippen molar-refractivity contribution in [2.75, 3.05) is 6.54 Å². The minimum absolute atomic E-state index is 0.192. The van der Waals surface area contributed by atoms with Gasteiger partial charge in [0, 0.05) is 6.54 Å². The van der Waals surface area contributed by atoms with Gasteiger partial charge in [0.2, 0.25) is 0 Å². The van der Waals surface area contributed by atoms with Gasteiger partial charge in [-0.05, 0) is 25.0 Å². The van der Waals surface area contributed by atoms with Crippen molar-refractivity contribution in [1.82, 2.24) is 14.9 Å². The first-order valence-corrected chi connectivity index (χ1v) is 6.42. The summed E-state index contributed by atoms with van der Waals surface area (Å²) in [5.41, 5.74) is 1.53. The average Bonchev–Trinajstić information content (AvgIpc) is 2.95. The number of nitrogens with zero attached hydrogens (tertiary/aromatic N) is 3. The summed E-state index contributed by atoms with van der Waals surface area (Å²) in [4.78, 5) is 33.3. The Balaban J connectivity index is 1.94. The maximum atomic E-state index is 12.4. The summed E-state index contributed by atoms with van der Waals surface area (Å²) in [5.74, 6) is -1.34. The molecule has 1 unspecified atom stereocenters. The lowest BCUT2D eigenvalue weighted by Crippen LogP contribution is -2.40. The van der Waals surface area contributed by atoms with Gasteiger partial charge in [0.1, 0.15) is 11.7 Å². The highest BCUT2D eigenvalue weighted by atomic mass is 16.4. The van der Waals surface area contributed by atoms with E-state index in [4.69, 9.17) is 5.11 Å². The van der Waals surface area contributed by atoms with Gasteiger partial charge in [-0.25, -0.2) is 9.78 Å². The van der Waals surface area contributed by atoms with Gasteiger partial charge in [0.15, 0.2) is 0 Å². The highest BCUT2D eigenvalue weighted by molar-refractivity contribution is 5.96. The van der Waals surface area contributed by atoms with Crippen LogP contribution in [0.2, 0.25) is 0 Å².